The predicted molar refractivity (Wildman–Crippen MR) is 94.2 cm³/mol. The molecular weight excluding hydrogens is 384 g/mol. The van der Waals surface area contributed by atoms with E-state index >= 15 is 0 Å². The minimum atomic E-state index is -2.98. The molecule has 0 bridgehead atoms. The first-order valence-electron chi connectivity index (χ1n) is 7.33. The van der Waals surface area contributed by atoms with E-state index in [9.17, 15) is 13.6 Å². The normalized spacial score (nSPS) is 10.8. The quantitative estimate of drug-likeness (QED) is 0.534. The van der Waals surface area contributed by atoms with Gasteiger partial charge in [0.05, 0.1) is 18.4 Å². The fourth-order valence-electron chi connectivity index (χ4n) is 2.10. The van der Waals surface area contributed by atoms with Crippen molar-refractivity contribution in [3.8, 4) is 22.1 Å². The maximum atomic E-state index is 12.3. The topological polar surface area (TPSA) is 57.7 Å². The number of rotatable bonds is 7. The van der Waals surface area contributed by atoms with Gasteiger partial charge in [-0.25, -0.2) is 9.78 Å². The molecule has 0 fully saturated rings. The molecule has 0 saturated carbocycles. The molecule has 0 radical (unpaired) electrons. The van der Waals surface area contributed by atoms with Gasteiger partial charge in [-0.1, -0.05) is 0 Å². The molecule has 0 N–H and O–H groups in total. The number of carbonyl (C=O) groups is 1. The molecule has 3 aromatic rings. The van der Waals surface area contributed by atoms with E-state index in [-0.39, 0.29) is 23.7 Å². The summed E-state index contributed by atoms with van der Waals surface area (Å²) in [4.78, 5) is 16.6. The second kappa shape index (κ2) is 8.24. The van der Waals surface area contributed by atoms with Crippen LogP contribution in [-0.4, -0.2) is 24.7 Å². The molecule has 0 spiro atoms. The highest BCUT2D eigenvalue weighted by molar-refractivity contribution is 7.14. The van der Waals surface area contributed by atoms with Crippen LogP contribution in [0.1, 0.15) is 16.1 Å². The number of hydrogen-bond acceptors (Lipinski definition) is 7. The molecule has 0 aliphatic carbocycles. The van der Waals surface area contributed by atoms with Gasteiger partial charge in [0, 0.05) is 16.3 Å². The van der Waals surface area contributed by atoms with Crippen molar-refractivity contribution in [2.45, 2.75) is 13.2 Å². The van der Waals surface area contributed by atoms with Crippen molar-refractivity contribution in [2.75, 3.05) is 7.11 Å². The number of carbonyl (C=O) groups excluding carboxylic acids is 1. The molecule has 0 saturated heterocycles. The zero-order chi connectivity index (χ0) is 18.5. The number of nitrogens with zero attached hydrogens (tertiary/aromatic N) is 1. The third-order valence-electron chi connectivity index (χ3n) is 3.29. The van der Waals surface area contributed by atoms with E-state index in [1.54, 1.807) is 11.3 Å². The van der Waals surface area contributed by atoms with Gasteiger partial charge in [0.15, 0.2) is 11.5 Å². The summed E-state index contributed by atoms with van der Waals surface area (Å²) in [6.07, 6.45) is 0. The van der Waals surface area contributed by atoms with Crippen LogP contribution in [-0.2, 0) is 11.3 Å². The van der Waals surface area contributed by atoms with Crippen LogP contribution in [0, 0.1) is 0 Å². The minimum absolute atomic E-state index is 0.0110. The van der Waals surface area contributed by atoms with Gasteiger partial charge in [0.1, 0.15) is 11.6 Å². The smallest absolute Gasteiger partial charge is 0.387 e. The molecule has 1 aromatic carbocycles. The van der Waals surface area contributed by atoms with E-state index in [2.05, 4.69) is 9.72 Å². The number of ether oxygens (including phenoxy) is 3. The first-order chi connectivity index (χ1) is 12.6. The molecule has 2 heterocycles. The highest BCUT2D eigenvalue weighted by atomic mass is 32.1. The van der Waals surface area contributed by atoms with Gasteiger partial charge in [-0.2, -0.15) is 20.1 Å². The summed E-state index contributed by atoms with van der Waals surface area (Å²) < 4.78 is 39.2. The van der Waals surface area contributed by atoms with E-state index in [0.717, 1.165) is 10.6 Å². The Labute approximate surface area is 155 Å². The van der Waals surface area contributed by atoms with Crippen molar-refractivity contribution in [1.29, 1.82) is 0 Å². The lowest BCUT2D eigenvalue weighted by Crippen LogP contribution is -2.07. The van der Waals surface area contributed by atoms with Crippen LogP contribution in [0.15, 0.2) is 40.4 Å². The lowest BCUT2D eigenvalue weighted by atomic mass is 10.2. The average Bonchev–Trinajstić information content (AvgIpc) is 3.30. The van der Waals surface area contributed by atoms with Crippen molar-refractivity contribution in [1.82, 2.24) is 4.98 Å². The monoisotopic (exact) mass is 397 g/mol. The molecule has 5 nitrogen and oxygen atoms in total. The summed E-state index contributed by atoms with van der Waals surface area (Å²) in [7, 11) is 1.30. The fraction of sp³-hybridized carbons (Fsp3) is 0.176. The molecule has 0 aliphatic heterocycles. The van der Waals surface area contributed by atoms with Crippen LogP contribution in [0.25, 0.3) is 10.6 Å². The van der Waals surface area contributed by atoms with E-state index in [1.165, 1.54) is 36.6 Å². The largest absolute Gasteiger partial charge is 0.493 e. The van der Waals surface area contributed by atoms with Crippen LogP contribution in [0.4, 0.5) is 8.78 Å². The maximum absolute atomic E-state index is 12.3. The Morgan fingerprint density at radius 1 is 1.23 bits per heavy atom. The van der Waals surface area contributed by atoms with Gasteiger partial charge in [0.2, 0.25) is 0 Å². The Hall–Kier alpha value is -2.52. The standard InChI is InChI=1S/C17H13F2NO4S2/c1-22-14-6-10(2-3-13(14)24-17(18)19)16(21)23-7-12-9-26-15(20-12)11-4-5-25-8-11/h2-6,8-9,17H,7H2,1H3. The van der Waals surface area contributed by atoms with Crippen molar-refractivity contribution in [3.63, 3.8) is 0 Å². The molecule has 0 atom stereocenters. The highest BCUT2D eigenvalue weighted by Crippen LogP contribution is 2.30. The van der Waals surface area contributed by atoms with Gasteiger partial charge in [-0.15, -0.1) is 11.3 Å². The van der Waals surface area contributed by atoms with Gasteiger partial charge in [0.25, 0.3) is 0 Å². The Balaban J connectivity index is 1.65. The number of hydrogen-bond donors (Lipinski definition) is 0. The SMILES string of the molecule is COc1cc(C(=O)OCc2csc(-c3ccsc3)n2)ccc1OC(F)F. The number of alkyl halides is 2. The van der Waals surface area contributed by atoms with Gasteiger partial charge in [-0.3, -0.25) is 0 Å². The first-order valence-corrected chi connectivity index (χ1v) is 9.16. The summed E-state index contributed by atoms with van der Waals surface area (Å²) in [6.45, 7) is -2.97. The third kappa shape index (κ3) is 4.36. The van der Waals surface area contributed by atoms with Gasteiger partial charge >= 0.3 is 12.6 Å². The Bertz CT molecular complexity index is 881. The third-order valence-corrected chi connectivity index (χ3v) is 4.91. The second-order valence-corrected chi connectivity index (χ2v) is 6.61. The Morgan fingerprint density at radius 2 is 2.08 bits per heavy atom. The molecular formula is C17H13F2NO4S2. The number of benzene rings is 1. The Morgan fingerprint density at radius 3 is 2.77 bits per heavy atom. The number of thiophene rings is 1. The molecule has 9 heteroatoms. The van der Waals surface area contributed by atoms with Crippen molar-refractivity contribution in [3.05, 3.63) is 51.7 Å². The lowest BCUT2D eigenvalue weighted by Gasteiger charge is -2.11. The van der Waals surface area contributed by atoms with E-state index in [1.807, 2.05) is 22.2 Å². The van der Waals surface area contributed by atoms with E-state index in [4.69, 9.17) is 9.47 Å². The van der Waals surface area contributed by atoms with E-state index in [0.29, 0.717) is 5.69 Å². The summed E-state index contributed by atoms with van der Waals surface area (Å²) in [5, 5.41) is 6.63. The predicted octanol–water partition coefficient (Wildman–Crippen LogP) is 4.84. The van der Waals surface area contributed by atoms with Crippen LogP contribution < -0.4 is 9.47 Å². The van der Waals surface area contributed by atoms with Crippen LogP contribution in [0.5, 0.6) is 11.5 Å². The zero-order valence-corrected chi connectivity index (χ0v) is 15.1. The second-order valence-electron chi connectivity index (χ2n) is 4.98. The van der Waals surface area contributed by atoms with Crippen molar-refractivity contribution in [2.24, 2.45) is 0 Å². The maximum Gasteiger partial charge on any atom is 0.387 e. The first kappa shape index (κ1) is 18.3. The van der Waals surface area contributed by atoms with Crippen LogP contribution in [0.2, 0.25) is 0 Å². The zero-order valence-electron chi connectivity index (χ0n) is 13.5. The molecule has 2 aromatic heterocycles. The number of halogens is 2. The molecule has 0 unspecified atom stereocenters. The number of esters is 1. The molecule has 0 aliphatic rings. The number of methoxy groups -OCH3 is 1. The molecule has 3 rings (SSSR count). The lowest BCUT2D eigenvalue weighted by molar-refractivity contribution is -0.0512. The van der Waals surface area contributed by atoms with Crippen molar-refractivity contribution >= 4 is 28.6 Å². The fourth-order valence-corrected chi connectivity index (χ4v) is 3.62. The molecule has 26 heavy (non-hydrogen) atoms. The Kier molecular flexibility index (Phi) is 5.79. The van der Waals surface area contributed by atoms with Crippen molar-refractivity contribution < 1.29 is 27.8 Å². The van der Waals surface area contributed by atoms with Gasteiger partial charge in [-0.05, 0) is 29.6 Å². The van der Waals surface area contributed by atoms with Gasteiger partial charge < -0.3 is 14.2 Å². The highest BCUT2D eigenvalue weighted by Gasteiger charge is 2.15. The van der Waals surface area contributed by atoms with Crippen LogP contribution >= 0.6 is 22.7 Å². The summed E-state index contributed by atoms with van der Waals surface area (Å²) in [6, 6.07) is 5.83. The number of aromatic nitrogens is 1. The average molecular weight is 397 g/mol. The number of thiazole rings is 1. The summed E-state index contributed by atoms with van der Waals surface area (Å²) in [5.41, 5.74) is 1.82. The van der Waals surface area contributed by atoms with E-state index < -0.39 is 12.6 Å². The summed E-state index contributed by atoms with van der Waals surface area (Å²) in [5.74, 6) is -0.746. The summed E-state index contributed by atoms with van der Waals surface area (Å²) >= 11 is 3.04. The minimum Gasteiger partial charge on any atom is -0.493 e. The molecule has 0 amide bonds. The van der Waals surface area contributed by atoms with Crippen LogP contribution in [0.3, 0.4) is 0 Å². The molecule has 136 valence electrons.